The van der Waals surface area contributed by atoms with Crippen LogP contribution in [0.4, 0.5) is 0 Å². The molecule has 1 saturated carbocycles. The van der Waals surface area contributed by atoms with Gasteiger partial charge in [-0.3, -0.25) is 9.59 Å². The summed E-state index contributed by atoms with van der Waals surface area (Å²) in [5.74, 6) is -0.284. The molecule has 0 heterocycles. The predicted molar refractivity (Wildman–Crippen MR) is 147 cm³/mol. The summed E-state index contributed by atoms with van der Waals surface area (Å²) in [5.41, 5.74) is 2.63. The van der Waals surface area contributed by atoms with Gasteiger partial charge in [0.25, 0.3) is 0 Å². The number of nitrogens with one attached hydrogen (secondary N) is 1. The molecule has 1 N–H and O–H groups in total. The maximum Gasteiger partial charge on any atom is 0.243 e. The Bertz CT molecular complexity index is 1180. The van der Waals surface area contributed by atoms with Crippen LogP contribution in [0.1, 0.15) is 42.4 Å². The average Bonchev–Trinajstić information content (AvgIpc) is 3.38. The zero-order chi connectivity index (χ0) is 25.5. The second kappa shape index (κ2) is 12.6. The van der Waals surface area contributed by atoms with Crippen LogP contribution in [0.3, 0.4) is 0 Å². The molecule has 1 aliphatic rings. The van der Waals surface area contributed by atoms with Crippen LogP contribution in [0.25, 0.3) is 0 Å². The van der Waals surface area contributed by atoms with Crippen LogP contribution in [0.15, 0.2) is 72.8 Å². The summed E-state index contributed by atoms with van der Waals surface area (Å²) in [5, 5.41) is 4.66. The third-order valence-electron chi connectivity index (χ3n) is 6.58. The van der Waals surface area contributed by atoms with Gasteiger partial charge in [0.1, 0.15) is 6.04 Å². The van der Waals surface area contributed by atoms with Gasteiger partial charge in [0.2, 0.25) is 11.8 Å². The van der Waals surface area contributed by atoms with Crippen LogP contribution in [0.5, 0.6) is 0 Å². The van der Waals surface area contributed by atoms with Crippen molar-refractivity contribution in [2.24, 2.45) is 0 Å². The first-order chi connectivity index (χ1) is 17.4. The number of carbonyl (C=O) groups is 2. The van der Waals surface area contributed by atoms with Crippen molar-refractivity contribution in [2.45, 2.75) is 57.2 Å². The van der Waals surface area contributed by atoms with Gasteiger partial charge in [0.15, 0.2) is 0 Å². The summed E-state index contributed by atoms with van der Waals surface area (Å²) in [6, 6.07) is 21.8. The van der Waals surface area contributed by atoms with Crippen molar-refractivity contribution in [3.63, 3.8) is 0 Å². The molecule has 7 heteroatoms. The molecule has 0 spiro atoms. The number of amides is 2. The van der Waals surface area contributed by atoms with E-state index in [0.29, 0.717) is 21.5 Å². The monoisotopic (exact) mass is 542 g/mol. The van der Waals surface area contributed by atoms with E-state index in [1.807, 2.05) is 42.5 Å². The number of hydrogen-bond acceptors (Lipinski definition) is 2. The molecule has 1 fully saturated rings. The molecular weight excluding hydrogens is 515 g/mol. The summed E-state index contributed by atoms with van der Waals surface area (Å²) in [6.45, 7) is 0.285. The Morgan fingerprint density at radius 2 is 1.50 bits per heavy atom. The van der Waals surface area contributed by atoms with E-state index >= 15 is 0 Å². The van der Waals surface area contributed by atoms with Crippen LogP contribution >= 0.6 is 34.8 Å². The zero-order valence-corrected chi connectivity index (χ0v) is 22.2. The maximum absolute atomic E-state index is 13.8. The van der Waals surface area contributed by atoms with Crippen LogP contribution in [0, 0.1) is 0 Å². The lowest BCUT2D eigenvalue weighted by atomic mass is 10.0. The van der Waals surface area contributed by atoms with Crippen LogP contribution in [0.2, 0.25) is 15.1 Å². The first-order valence-corrected chi connectivity index (χ1v) is 13.3. The molecule has 0 aliphatic heterocycles. The van der Waals surface area contributed by atoms with Crippen molar-refractivity contribution < 1.29 is 9.59 Å². The van der Waals surface area contributed by atoms with Gasteiger partial charge in [-0.2, -0.15) is 0 Å². The predicted octanol–water partition coefficient (Wildman–Crippen LogP) is 6.89. The number of benzene rings is 3. The van der Waals surface area contributed by atoms with E-state index in [4.69, 9.17) is 34.8 Å². The highest BCUT2D eigenvalue weighted by Crippen LogP contribution is 2.25. The van der Waals surface area contributed by atoms with E-state index in [2.05, 4.69) is 5.32 Å². The second-order valence-corrected chi connectivity index (χ2v) is 10.5. The average molecular weight is 544 g/mol. The fourth-order valence-electron chi connectivity index (χ4n) is 4.63. The molecule has 4 nitrogen and oxygen atoms in total. The number of rotatable bonds is 9. The van der Waals surface area contributed by atoms with E-state index in [1.54, 1.807) is 35.2 Å². The van der Waals surface area contributed by atoms with Crippen molar-refractivity contribution >= 4 is 46.6 Å². The Kier molecular flexibility index (Phi) is 9.30. The van der Waals surface area contributed by atoms with E-state index in [-0.39, 0.29) is 30.8 Å². The summed E-state index contributed by atoms with van der Waals surface area (Å²) >= 11 is 18.4. The minimum Gasteiger partial charge on any atom is -0.352 e. The smallest absolute Gasteiger partial charge is 0.243 e. The van der Waals surface area contributed by atoms with Gasteiger partial charge in [0.05, 0.1) is 16.5 Å². The molecule has 1 atom stereocenters. The van der Waals surface area contributed by atoms with Crippen molar-refractivity contribution in [1.82, 2.24) is 10.2 Å². The lowest BCUT2D eigenvalue weighted by Gasteiger charge is -2.32. The SMILES string of the molecule is O=C(NC1CCCC1)[C@H](Cc1ccccc1)N(Cc1ccc(Cl)cc1)C(=O)Cc1ccc(Cl)c(Cl)c1. The molecule has 0 radical (unpaired) electrons. The summed E-state index contributed by atoms with van der Waals surface area (Å²) in [6.07, 6.45) is 4.68. The van der Waals surface area contributed by atoms with Crippen LogP contribution in [-0.4, -0.2) is 28.8 Å². The lowest BCUT2D eigenvalue weighted by molar-refractivity contribution is -0.141. The molecule has 0 bridgehead atoms. The highest BCUT2D eigenvalue weighted by molar-refractivity contribution is 6.42. The number of halogens is 3. The number of carbonyl (C=O) groups excluding carboxylic acids is 2. The Labute approximate surface area is 227 Å². The van der Waals surface area contributed by atoms with Crippen molar-refractivity contribution in [2.75, 3.05) is 0 Å². The standard InChI is InChI=1S/C29H29Cl3N2O2/c30-23-13-10-21(11-14-23)19-34(28(35)18-22-12-15-25(31)26(32)16-22)27(17-20-6-2-1-3-7-20)29(36)33-24-8-4-5-9-24/h1-3,6-7,10-16,24,27H,4-5,8-9,17-19H2,(H,33,36)/t27-/m0/s1. The topological polar surface area (TPSA) is 49.4 Å². The van der Waals surface area contributed by atoms with Crippen molar-refractivity contribution in [3.05, 3.63) is 105 Å². The normalized spacial score (nSPS) is 14.4. The molecule has 0 unspecified atom stereocenters. The van der Waals surface area contributed by atoms with Crippen molar-refractivity contribution in [3.8, 4) is 0 Å². The number of hydrogen-bond donors (Lipinski definition) is 1. The summed E-state index contributed by atoms with van der Waals surface area (Å²) in [4.78, 5) is 29.2. The highest BCUT2D eigenvalue weighted by Gasteiger charge is 2.32. The van der Waals surface area contributed by atoms with Gasteiger partial charge in [-0.25, -0.2) is 0 Å². The Morgan fingerprint density at radius 3 is 2.17 bits per heavy atom. The first kappa shape index (κ1) is 26.5. The molecular formula is C29H29Cl3N2O2. The van der Waals surface area contributed by atoms with Crippen LogP contribution < -0.4 is 5.32 Å². The van der Waals surface area contributed by atoms with Gasteiger partial charge < -0.3 is 10.2 Å². The van der Waals surface area contributed by atoms with Crippen molar-refractivity contribution in [1.29, 1.82) is 0 Å². The first-order valence-electron chi connectivity index (χ1n) is 12.2. The van der Waals surface area contributed by atoms with Gasteiger partial charge in [-0.1, -0.05) is 96.2 Å². The maximum atomic E-state index is 13.8. The molecule has 3 aromatic carbocycles. The van der Waals surface area contributed by atoms with Gasteiger partial charge in [-0.05, 0) is 53.8 Å². The third kappa shape index (κ3) is 7.25. The fourth-order valence-corrected chi connectivity index (χ4v) is 5.08. The molecule has 36 heavy (non-hydrogen) atoms. The van der Waals surface area contributed by atoms with E-state index in [1.165, 1.54) is 0 Å². The fraction of sp³-hybridized carbons (Fsp3) is 0.310. The van der Waals surface area contributed by atoms with Gasteiger partial charge >= 0.3 is 0 Å². The zero-order valence-electron chi connectivity index (χ0n) is 19.9. The molecule has 4 rings (SSSR count). The Hall–Kier alpha value is -2.53. The molecule has 0 aromatic heterocycles. The van der Waals surface area contributed by atoms with Crippen LogP contribution in [-0.2, 0) is 29.0 Å². The van der Waals surface area contributed by atoms with E-state index < -0.39 is 6.04 Å². The molecule has 188 valence electrons. The Morgan fingerprint density at radius 1 is 0.833 bits per heavy atom. The number of nitrogens with zero attached hydrogens (tertiary/aromatic N) is 1. The third-order valence-corrected chi connectivity index (χ3v) is 7.57. The largest absolute Gasteiger partial charge is 0.352 e. The van der Waals surface area contributed by atoms with Gasteiger partial charge in [0, 0.05) is 24.0 Å². The van der Waals surface area contributed by atoms with E-state index in [0.717, 1.165) is 42.4 Å². The molecule has 0 saturated heterocycles. The van der Waals surface area contributed by atoms with Gasteiger partial charge in [-0.15, -0.1) is 0 Å². The quantitative estimate of drug-likeness (QED) is 0.319. The summed E-state index contributed by atoms with van der Waals surface area (Å²) in [7, 11) is 0. The Balaban J connectivity index is 1.66. The van der Waals surface area contributed by atoms with E-state index in [9.17, 15) is 9.59 Å². The second-order valence-electron chi connectivity index (χ2n) is 9.27. The highest BCUT2D eigenvalue weighted by atomic mass is 35.5. The minimum absolute atomic E-state index is 0.104. The molecule has 1 aliphatic carbocycles. The molecule has 2 amide bonds. The lowest BCUT2D eigenvalue weighted by Crippen LogP contribution is -2.52. The minimum atomic E-state index is -0.668. The molecule has 3 aromatic rings. The summed E-state index contributed by atoms with van der Waals surface area (Å²) < 4.78 is 0.